The molecule has 29 heavy (non-hydrogen) atoms. The third kappa shape index (κ3) is 4.40. The Morgan fingerprint density at radius 1 is 1.21 bits per heavy atom. The van der Waals surface area contributed by atoms with E-state index in [9.17, 15) is 0 Å². The van der Waals surface area contributed by atoms with Gasteiger partial charge in [-0.25, -0.2) is 15.0 Å². The molecule has 0 unspecified atom stereocenters. The summed E-state index contributed by atoms with van der Waals surface area (Å²) >= 11 is 0. The molecule has 1 saturated heterocycles. The number of piperidine rings is 1. The molecule has 3 aromatic rings. The molecule has 1 aliphatic rings. The third-order valence-electron chi connectivity index (χ3n) is 5.78. The standard InChI is InChI=1S/C22H30N6O/c1-15(2)28-9-7-23-21(28)13-27-8-5-6-18(12-27)10-19-11-20(25-14-24-19)22-16(3)26-29-17(22)4/h7,9,11,14-15,18H,5-6,8,10,12-13H2,1-4H3/t18-/m0/s1. The van der Waals surface area contributed by atoms with Crippen LogP contribution in [0.2, 0.25) is 0 Å². The van der Waals surface area contributed by atoms with Crippen LogP contribution in [0, 0.1) is 19.8 Å². The molecule has 7 heteroatoms. The zero-order chi connectivity index (χ0) is 20.4. The summed E-state index contributed by atoms with van der Waals surface area (Å²) < 4.78 is 7.57. The number of hydrogen-bond acceptors (Lipinski definition) is 6. The van der Waals surface area contributed by atoms with E-state index < -0.39 is 0 Å². The highest BCUT2D eigenvalue weighted by Crippen LogP contribution is 2.27. The fourth-order valence-corrected chi connectivity index (χ4v) is 4.39. The Hall–Kier alpha value is -2.54. The Morgan fingerprint density at radius 2 is 2.07 bits per heavy atom. The maximum atomic E-state index is 5.30. The summed E-state index contributed by atoms with van der Waals surface area (Å²) in [5.41, 5.74) is 3.85. The lowest BCUT2D eigenvalue weighted by molar-refractivity contribution is 0.160. The van der Waals surface area contributed by atoms with Crippen molar-refractivity contribution in [2.75, 3.05) is 13.1 Å². The van der Waals surface area contributed by atoms with E-state index in [1.807, 2.05) is 20.0 Å². The molecule has 0 bridgehead atoms. The minimum atomic E-state index is 0.442. The van der Waals surface area contributed by atoms with Crippen LogP contribution in [0.5, 0.6) is 0 Å². The summed E-state index contributed by atoms with van der Waals surface area (Å²) in [7, 11) is 0. The number of rotatable bonds is 6. The SMILES string of the molecule is Cc1noc(C)c1-c1cc(C[C@@H]2CCCN(Cc3nccn3C(C)C)C2)ncn1. The Balaban J connectivity index is 1.43. The van der Waals surface area contributed by atoms with Crippen LogP contribution in [0.25, 0.3) is 11.3 Å². The topological polar surface area (TPSA) is 72.9 Å². The molecule has 4 rings (SSSR count). The highest BCUT2D eigenvalue weighted by atomic mass is 16.5. The summed E-state index contributed by atoms with van der Waals surface area (Å²) in [5, 5.41) is 4.05. The second-order valence-corrected chi connectivity index (χ2v) is 8.39. The average Bonchev–Trinajstić information content (AvgIpc) is 3.28. The van der Waals surface area contributed by atoms with Gasteiger partial charge in [-0.1, -0.05) is 5.16 Å². The Bertz CT molecular complexity index is 940. The van der Waals surface area contributed by atoms with Gasteiger partial charge >= 0.3 is 0 Å². The summed E-state index contributed by atoms with van der Waals surface area (Å²) in [6.07, 6.45) is 9.08. The van der Waals surface area contributed by atoms with Gasteiger partial charge in [0.2, 0.25) is 0 Å². The van der Waals surface area contributed by atoms with E-state index in [4.69, 9.17) is 4.52 Å². The number of aromatic nitrogens is 5. The highest BCUT2D eigenvalue weighted by molar-refractivity contribution is 5.63. The van der Waals surface area contributed by atoms with Gasteiger partial charge in [0, 0.05) is 30.7 Å². The Kier molecular flexibility index (Phi) is 5.76. The van der Waals surface area contributed by atoms with E-state index in [1.54, 1.807) is 6.33 Å². The predicted octanol–water partition coefficient (Wildman–Crippen LogP) is 3.98. The molecule has 3 aromatic heterocycles. The van der Waals surface area contributed by atoms with Gasteiger partial charge in [0.15, 0.2) is 0 Å². The molecule has 0 aromatic carbocycles. The van der Waals surface area contributed by atoms with Crippen molar-refractivity contribution < 1.29 is 4.52 Å². The highest BCUT2D eigenvalue weighted by Gasteiger charge is 2.23. The van der Waals surface area contributed by atoms with Crippen molar-refractivity contribution in [3.8, 4) is 11.3 Å². The third-order valence-corrected chi connectivity index (χ3v) is 5.78. The van der Waals surface area contributed by atoms with E-state index >= 15 is 0 Å². The van der Waals surface area contributed by atoms with Gasteiger partial charge in [-0.05, 0) is 65.5 Å². The van der Waals surface area contributed by atoms with Crippen LogP contribution in [-0.4, -0.2) is 42.7 Å². The maximum absolute atomic E-state index is 5.30. The average molecular weight is 395 g/mol. The predicted molar refractivity (Wildman–Crippen MR) is 111 cm³/mol. The van der Waals surface area contributed by atoms with Crippen molar-refractivity contribution in [2.24, 2.45) is 5.92 Å². The summed E-state index contributed by atoms with van der Waals surface area (Å²) in [6, 6.07) is 2.54. The Labute approximate surface area is 172 Å². The minimum Gasteiger partial charge on any atom is -0.361 e. The fourth-order valence-electron chi connectivity index (χ4n) is 4.39. The first-order valence-corrected chi connectivity index (χ1v) is 10.5. The van der Waals surface area contributed by atoms with Crippen LogP contribution in [0.15, 0.2) is 29.3 Å². The normalized spacial score (nSPS) is 17.9. The molecule has 1 aliphatic heterocycles. The smallest absolute Gasteiger partial charge is 0.143 e. The Morgan fingerprint density at radius 3 is 2.83 bits per heavy atom. The maximum Gasteiger partial charge on any atom is 0.143 e. The van der Waals surface area contributed by atoms with Crippen LogP contribution >= 0.6 is 0 Å². The molecular weight excluding hydrogens is 364 g/mol. The van der Waals surface area contributed by atoms with E-state index in [0.29, 0.717) is 12.0 Å². The van der Waals surface area contributed by atoms with Crippen molar-refractivity contribution in [1.29, 1.82) is 0 Å². The number of likely N-dealkylation sites (tertiary alicyclic amines) is 1. The van der Waals surface area contributed by atoms with Crippen molar-refractivity contribution >= 4 is 0 Å². The number of imidazole rings is 1. The van der Waals surface area contributed by atoms with Crippen molar-refractivity contribution in [3.05, 3.63) is 47.8 Å². The second-order valence-electron chi connectivity index (χ2n) is 8.39. The largest absolute Gasteiger partial charge is 0.361 e. The van der Waals surface area contributed by atoms with Gasteiger partial charge in [0.1, 0.15) is 17.9 Å². The zero-order valence-electron chi connectivity index (χ0n) is 17.8. The zero-order valence-corrected chi connectivity index (χ0v) is 17.8. The number of hydrogen-bond donors (Lipinski definition) is 0. The van der Waals surface area contributed by atoms with Gasteiger partial charge < -0.3 is 9.09 Å². The van der Waals surface area contributed by atoms with Gasteiger partial charge in [0.05, 0.1) is 23.5 Å². The molecule has 154 valence electrons. The molecule has 1 fully saturated rings. The van der Waals surface area contributed by atoms with E-state index in [-0.39, 0.29) is 0 Å². The molecule has 0 spiro atoms. The minimum absolute atomic E-state index is 0.442. The first-order chi connectivity index (χ1) is 14.0. The van der Waals surface area contributed by atoms with E-state index in [1.165, 1.54) is 12.8 Å². The summed E-state index contributed by atoms with van der Waals surface area (Å²) in [5.74, 6) is 2.55. The lowest BCUT2D eigenvalue weighted by Gasteiger charge is -2.32. The van der Waals surface area contributed by atoms with Crippen LogP contribution < -0.4 is 0 Å². The van der Waals surface area contributed by atoms with Crippen LogP contribution in [0.4, 0.5) is 0 Å². The number of nitrogens with zero attached hydrogens (tertiary/aromatic N) is 6. The van der Waals surface area contributed by atoms with Crippen LogP contribution in [0.1, 0.15) is 55.7 Å². The molecule has 0 aliphatic carbocycles. The number of aryl methyl sites for hydroxylation is 2. The van der Waals surface area contributed by atoms with E-state index in [0.717, 1.165) is 60.3 Å². The van der Waals surface area contributed by atoms with Gasteiger partial charge in [-0.3, -0.25) is 4.90 Å². The van der Waals surface area contributed by atoms with E-state index in [2.05, 4.69) is 55.7 Å². The van der Waals surface area contributed by atoms with Crippen molar-refractivity contribution in [1.82, 2.24) is 29.6 Å². The van der Waals surface area contributed by atoms with Crippen LogP contribution in [0.3, 0.4) is 0 Å². The molecule has 0 saturated carbocycles. The first-order valence-electron chi connectivity index (χ1n) is 10.5. The lowest BCUT2D eigenvalue weighted by atomic mass is 9.93. The summed E-state index contributed by atoms with van der Waals surface area (Å²) in [4.78, 5) is 16.1. The molecule has 0 amide bonds. The quantitative estimate of drug-likeness (QED) is 0.630. The molecule has 1 atom stereocenters. The molecule has 0 radical (unpaired) electrons. The fraction of sp³-hybridized carbons (Fsp3) is 0.545. The molecule has 4 heterocycles. The van der Waals surface area contributed by atoms with Gasteiger partial charge in [-0.2, -0.15) is 0 Å². The molecule has 0 N–H and O–H groups in total. The van der Waals surface area contributed by atoms with Gasteiger partial charge in [0.25, 0.3) is 0 Å². The van der Waals surface area contributed by atoms with Crippen LogP contribution in [-0.2, 0) is 13.0 Å². The first kappa shape index (κ1) is 19.8. The van der Waals surface area contributed by atoms with Crippen molar-refractivity contribution in [3.63, 3.8) is 0 Å². The van der Waals surface area contributed by atoms with Crippen molar-refractivity contribution in [2.45, 2.75) is 59.5 Å². The molecule has 7 nitrogen and oxygen atoms in total. The second kappa shape index (κ2) is 8.45. The monoisotopic (exact) mass is 394 g/mol. The molecular formula is C22H30N6O. The van der Waals surface area contributed by atoms with Gasteiger partial charge in [-0.15, -0.1) is 0 Å². The lowest BCUT2D eigenvalue weighted by Crippen LogP contribution is -2.36. The summed E-state index contributed by atoms with van der Waals surface area (Å²) in [6.45, 7) is 11.4.